The number of hydrogen-bond acceptors (Lipinski definition) is 3. The van der Waals surface area contributed by atoms with Crippen LogP contribution >= 0.6 is 0 Å². The van der Waals surface area contributed by atoms with E-state index in [9.17, 15) is 0 Å². The van der Waals surface area contributed by atoms with Crippen molar-refractivity contribution in [3.63, 3.8) is 0 Å². The maximum absolute atomic E-state index is 9.08. The molecule has 0 saturated heterocycles. The van der Waals surface area contributed by atoms with E-state index in [1.165, 1.54) is 0 Å². The molecule has 1 atom stereocenters. The van der Waals surface area contributed by atoms with Gasteiger partial charge in [-0.15, -0.1) is 5.10 Å². The van der Waals surface area contributed by atoms with Crippen molar-refractivity contribution in [3.8, 4) is 0 Å². The Bertz CT molecular complexity index is 242. The van der Waals surface area contributed by atoms with Crippen LogP contribution in [0.4, 0.5) is 0 Å². The predicted octanol–water partition coefficient (Wildman–Crippen LogP) is 0.782. The van der Waals surface area contributed by atoms with Gasteiger partial charge >= 0.3 is 0 Å². The molecular formula is C8H15N3O. The van der Waals surface area contributed by atoms with E-state index >= 15 is 0 Å². The van der Waals surface area contributed by atoms with E-state index in [0.29, 0.717) is 12.5 Å². The monoisotopic (exact) mass is 169 g/mol. The normalized spacial score (nSPS) is 13.8. The van der Waals surface area contributed by atoms with Crippen molar-refractivity contribution in [3.05, 3.63) is 11.9 Å². The first-order valence-electron chi connectivity index (χ1n) is 4.18. The first-order valence-corrected chi connectivity index (χ1v) is 4.18. The van der Waals surface area contributed by atoms with Crippen LogP contribution in [0, 0.1) is 0 Å². The Morgan fingerprint density at radius 1 is 1.50 bits per heavy atom. The third kappa shape index (κ3) is 2.30. The van der Waals surface area contributed by atoms with Gasteiger partial charge in [0.05, 0.1) is 11.8 Å². The van der Waals surface area contributed by atoms with Gasteiger partial charge < -0.3 is 5.11 Å². The van der Waals surface area contributed by atoms with Gasteiger partial charge in [-0.1, -0.05) is 5.21 Å². The summed E-state index contributed by atoms with van der Waals surface area (Å²) in [6.07, 6.45) is 2.10. The molecule has 0 amide bonds. The molecule has 0 aromatic carbocycles. The number of nitrogens with zero attached hydrogens (tertiary/aromatic N) is 3. The fourth-order valence-electron chi connectivity index (χ4n) is 0.962. The van der Waals surface area contributed by atoms with Crippen LogP contribution in [0.15, 0.2) is 6.20 Å². The molecule has 4 nitrogen and oxygen atoms in total. The minimum atomic E-state index is -0.345. The SMILES string of the molecule is CC(C)n1cc(C[C@H](C)O)nn1. The summed E-state index contributed by atoms with van der Waals surface area (Å²) in [4.78, 5) is 0. The number of aliphatic hydroxyl groups is 1. The van der Waals surface area contributed by atoms with E-state index in [1.54, 1.807) is 11.6 Å². The van der Waals surface area contributed by atoms with E-state index in [0.717, 1.165) is 5.69 Å². The second kappa shape index (κ2) is 3.67. The largest absolute Gasteiger partial charge is 0.393 e. The Balaban J connectivity index is 2.64. The third-order valence-electron chi connectivity index (χ3n) is 1.59. The van der Waals surface area contributed by atoms with E-state index in [4.69, 9.17) is 5.11 Å². The van der Waals surface area contributed by atoms with Gasteiger partial charge in [-0.2, -0.15) is 0 Å². The maximum atomic E-state index is 9.08. The Hall–Kier alpha value is -0.900. The molecule has 0 saturated carbocycles. The average Bonchev–Trinajstić information content (AvgIpc) is 2.34. The molecule has 12 heavy (non-hydrogen) atoms. The highest BCUT2D eigenvalue weighted by atomic mass is 16.3. The zero-order valence-electron chi connectivity index (χ0n) is 7.73. The lowest BCUT2D eigenvalue weighted by atomic mass is 10.2. The zero-order chi connectivity index (χ0) is 9.14. The highest BCUT2D eigenvalue weighted by molar-refractivity contribution is 4.94. The first kappa shape index (κ1) is 9.19. The van der Waals surface area contributed by atoms with Crippen LogP contribution in [0.3, 0.4) is 0 Å². The van der Waals surface area contributed by atoms with Crippen LogP contribution in [-0.4, -0.2) is 26.2 Å². The summed E-state index contributed by atoms with van der Waals surface area (Å²) >= 11 is 0. The summed E-state index contributed by atoms with van der Waals surface area (Å²) in [7, 11) is 0. The van der Waals surface area contributed by atoms with Gasteiger partial charge in [0.15, 0.2) is 0 Å². The van der Waals surface area contributed by atoms with Crippen molar-refractivity contribution in [2.45, 2.75) is 39.3 Å². The van der Waals surface area contributed by atoms with E-state index in [-0.39, 0.29) is 6.10 Å². The molecule has 0 aliphatic carbocycles. The van der Waals surface area contributed by atoms with Crippen molar-refractivity contribution in [2.75, 3.05) is 0 Å². The van der Waals surface area contributed by atoms with Gasteiger partial charge in [0.25, 0.3) is 0 Å². The molecule has 1 rings (SSSR count). The van der Waals surface area contributed by atoms with Crippen molar-refractivity contribution < 1.29 is 5.11 Å². The molecule has 1 N–H and O–H groups in total. The first-order chi connectivity index (χ1) is 5.59. The maximum Gasteiger partial charge on any atom is 0.0852 e. The molecule has 0 unspecified atom stereocenters. The van der Waals surface area contributed by atoms with Gasteiger partial charge in [-0.05, 0) is 20.8 Å². The Labute approximate surface area is 72.2 Å². The Morgan fingerprint density at radius 2 is 2.17 bits per heavy atom. The standard InChI is InChI=1S/C8H15N3O/c1-6(2)11-5-8(9-10-11)4-7(3)12/h5-7,12H,4H2,1-3H3/t7-/m0/s1. The summed E-state index contributed by atoms with van der Waals surface area (Å²) in [5.41, 5.74) is 0.846. The molecule has 1 aromatic heterocycles. The van der Waals surface area contributed by atoms with Crippen LogP contribution in [0.1, 0.15) is 32.5 Å². The molecule has 68 valence electrons. The number of rotatable bonds is 3. The van der Waals surface area contributed by atoms with Gasteiger partial charge in [-0.3, -0.25) is 0 Å². The summed E-state index contributed by atoms with van der Waals surface area (Å²) in [6.45, 7) is 5.83. The average molecular weight is 169 g/mol. The lowest BCUT2D eigenvalue weighted by Crippen LogP contribution is -2.04. The van der Waals surface area contributed by atoms with Gasteiger partial charge in [0, 0.05) is 18.7 Å². The molecule has 4 heteroatoms. The Morgan fingerprint density at radius 3 is 2.58 bits per heavy atom. The van der Waals surface area contributed by atoms with Crippen LogP contribution in [0.2, 0.25) is 0 Å². The van der Waals surface area contributed by atoms with Gasteiger partial charge in [0.2, 0.25) is 0 Å². The van der Waals surface area contributed by atoms with Gasteiger partial charge in [0.1, 0.15) is 0 Å². The zero-order valence-corrected chi connectivity index (χ0v) is 7.73. The number of hydrogen-bond donors (Lipinski definition) is 1. The van der Waals surface area contributed by atoms with Crippen molar-refractivity contribution in [1.29, 1.82) is 0 Å². The lowest BCUT2D eigenvalue weighted by Gasteiger charge is -2.01. The van der Waals surface area contributed by atoms with E-state index < -0.39 is 0 Å². The summed E-state index contributed by atoms with van der Waals surface area (Å²) < 4.78 is 1.79. The predicted molar refractivity (Wildman–Crippen MR) is 45.8 cm³/mol. The quantitative estimate of drug-likeness (QED) is 0.727. The van der Waals surface area contributed by atoms with Crippen LogP contribution in [-0.2, 0) is 6.42 Å². The fourth-order valence-corrected chi connectivity index (χ4v) is 0.962. The van der Waals surface area contributed by atoms with Crippen molar-refractivity contribution >= 4 is 0 Å². The van der Waals surface area contributed by atoms with Crippen molar-refractivity contribution in [2.24, 2.45) is 0 Å². The third-order valence-corrected chi connectivity index (χ3v) is 1.59. The van der Waals surface area contributed by atoms with Crippen LogP contribution in [0.5, 0.6) is 0 Å². The lowest BCUT2D eigenvalue weighted by molar-refractivity contribution is 0.194. The number of aliphatic hydroxyl groups excluding tert-OH is 1. The minimum Gasteiger partial charge on any atom is -0.393 e. The molecule has 1 aromatic rings. The molecular weight excluding hydrogens is 154 g/mol. The molecule has 0 fully saturated rings. The fraction of sp³-hybridized carbons (Fsp3) is 0.750. The molecule has 0 spiro atoms. The highest BCUT2D eigenvalue weighted by Crippen LogP contribution is 2.04. The molecule has 0 aliphatic heterocycles. The summed E-state index contributed by atoms with van der Waals surface area (Å²) in [5, 5.41) is 16.9. The molecule has 1 heterocycles. The molecule has 0 aliphatic rings. The second-order valence-electron chi connectivity index (χ2n) is 3.34. The van der Waals surface area contributed by atoms with E-state index in [2.05, 4.69) is 10.3 Å². The molecule has 0 bridgehead atoms. The Kier molecular flexibility index (Phi) is 2.81. The minimum absolute atomic E-state index is 0.334. The second-order valence-corrected chi connectivity index (χ2v) is 3.34. The van der Waals surface area contributed by atoms with Crippen molar-refractivity contribution in [1.82, 2.24) is 15.0 Å². The molecule has 0 radical (unpaired) electrons. The number of aromatic nitrogens is 3. The topological polar surface area (TPSA) is 50.9 Å². The summed E-state index contributed by atoms with van der Waals surface area (Å²) in [6, 6.07) is 0.334. The van der Waals surface area contributed by atoms with Gasteiger partial charge in [-0.25, -0.2) is 4.68 Å². The highest BCUT2D eigenvalue weighted by Gasteiger charge is 2.05. The summed E-state index contributed by atoms with van der Waals surface area (Å²) in [5.74, 6) is 0. The van der Waals surface area contributed by atoms with E-state index in [1.807, 2.05) is 20.0 Å². The van der Waals surface area contributed by atoms with Crippen LogP contribution < -0.4 is 0 Å². The smallest absolute Gasteiger partial charge is 0.0852 e. The van der Waals surface area contributed by atoms with Crippen LogP contribution in [0.25, 0.3) is 0 Å².